The van der Waals surface area contributed by atoms with Crippen molar-refractivity contribution >= 4 is 5.97 Å². The number of ether oxygens (including phenoxy) is 1. The summed E-state index contributed by atoms with van der Waals surface area (Å²) in [6, 6.07) is 25.4. The van der Waals surface area contributed by atoms with Gasteiger partial charge in [0.05, 0.1) is 12.2 Å². The van der Waals surface area contributed by atoms with Crippen molar-refractivity contribution in [1.29, 1.82) is 0 Å². The van der Waals surface area contributed by atoms with Gasteiger partial charge in [-0.1, -0.05) is 54.6 Å². The third kappa shape index (κ3) is 7.00. The number of fused-ring (bicyclic) bond motifs is 3. The molecule has 0 radical (unpaired) electrons. The van der Waals surface area contributed by atoms with Gasteiger partial charge in [0.25, 0.3) is 0 Å². The molecule has 0 aromatic heterocycles. The van der Waals surface area contributed by atoms with Crippen molar-refractivity contribution in [1.82, 2.24) is 9.80 Å². The second kappa shape index (κ2) is 12.4. The Kier molecular flexibility index (Phi) is 8.54. The summed E-state index contributed by atoms with van der Waals surface area (Å²) < 4.78 is 6.13. The zero-order valence-electron chi connectivity index (χ0n) is 21.6. The summed E-state index contributed by atoms with van der Waals surface area (Å²) >= 11 is 0. The van der Waals surface area contributed by atoms with Crippen LogP contribution in [0.25, 0.3) is 0 Å². The van der Waals surface area contributed by atoms with Crippen LogP contribution >= 0.6 is 0 Å². The van der Waals surface area contributed by atoms with E-state index in [2.05, 4.69) is 64.4 Å². The maximum Gasteiger partial charge on any atom is 0.335 e. The summed E-state index contributed by atoms with van der Waals surface area (Å²) in [5, 5.41) is 9.50. The van der Waals surface area contributed by atoms with E-state index in [9.17, 15) is 9.90 Å². The van der Waals surface area contributed by atoms with Gasteiger partial charge in [-0.05, 0) is 92.2 Å². The van der Waals surface area contributed by atoms with Crippen LogP contribution in [0.4, 0.5) is 0 Å². The minimum Gasteiger partial charge on any atom is -0.493 e. The molecule has 2 heterocycles. The van der Waals surface area contributed by atoms with Gasteiger partial charge in [-0.25, -0.2) is 4.79 Å². The molecule has 2 aliphatic rings. The van der Waals surface area contributed by atoms with Gasteiger partial charge in [0.1, 0.15) is 5.75 Å². The highest BCUT2D eigenvalue weighted by Gasteiger charge is 2.25. The van der Waals surface area contributed by atoms with Crippen LogP contribution in [0.1, 0.15) is 64.7 Å². The Bertz CT molecular complexity index is 1170. The first-order valence-electron chi connectivity index (χ1n) is 13.7. The zero-order valence-corrected chi connectivity index (χ0v) is 21.6. The number of hydrogen-bond acceptors (Lipinski definition) is 4. The normalized spacial score (nSPS) is 18.4. The topological polar surface area (TPSA) is 53.0 Å². The summed E-state index contributed by atoms with van der Waals surface area (Å²) in [5.41, 5.74) is 5.18. The fourth-order valence-electron chi connectivity index (χ4n) is 5.73. The van der Waals surface area contributed by atoms with Crippen molar-refractivity contribution in [3.63, 3.8) is 0 Å². The van der Waals surface area contributed by atoms with Crippen LogP contribution in [0.2, 0.25) is 0 Å². The van der Waals surface area contributed by atoms with Crippen molar-refractivity contribution in [3.05, 3.63) is 101 Å². The highest BCUT2D eigenvalue weighted by Crippen LogP contribution is 2.26. The average Bonchev–Trinajstić information content (AvgIpc) is 2.91. The molecule has 3 aromatic carbocycles. The molecule has 3 aromatic rings. The summed E-state index contributed by atoms with van der Waals surface area (Å²) in [5.74, 6) is -0.0993. The molecule has 194 valence electrons. The maximum atomic E-state index is 11.6. The van der Waals surface area contributed by atoms with Gasteiger partial charge >= 0.3 is 5.97 Å². The molecule has 37 heavy (non-hydrogen) atoms. The molecular weight excluding hydrogens is 460 g/mol. The Morgan fingerprint density at radius 1 is 0.865 bits per heavy atom. The van der Waals surface area contributed by atoms with Crippen LogP contribution in [0, 0.1) is 0 Å². The number of nitrogens with zero attached hydrogens (tertiary/aromatic N) is 2. The first-order valence-corrected chi connectivity index (χ1v) is 13.7. The molecule has 0 amide bonds. The van der Waals surface area contributed by atoms with E-state index in [-0.39, 0.29) is 0 Å². The number of hydrogen-bond donors (Lipinski definition) is 1. The van der Waals surface area contributed by atoms with Gasteiger partial charge in [-0.3, -0.25) is 9.80 Å². The van der Waals surface area contributed by atoms with E-state index in [4.69, 9.17) is 4.74 Å². The Labute approximate surface area is 220 Å². The molecule has 1 saturated heterocycles. The van der Waals surface area contributed by atoms with Crippen molar-refractivity contribution in [3.8, 4) is 5.75 Å². The highest BCUT2D eigenvalue weighted by molar-refractivity contribution is 5.88. The van der Waals surface area contributed by atoms with Gasteiger partial charge in [0, 0.05) is 25.6 Å². The van der Waals surface area contributed by atoms with E-state index in [0.717, 1.165) is 63.3 Å². The van der Waals surface area contributed by atoms with E-state index >= 15 is 0 Å². The summed E-state index contributed by atoms with van der Waals surface area (Å²) in [6.45, 7) is 6.08. The molecule has 1 N–H and O–H groups in total. The Balaban J connectivity index is 1.29. The first-order chi connectivity index (χ1) is 18.1. The largest absolute Gasteiger partial charge is 0.493 e. The quantitative estimate of drug-likeness (QED) is 0.478. The lowest BCUT2D eigenvalue weighted by Gasteiger charge is -2.39. The van der Waals surface area contributed by atoms with Crippen LogP contribution in [0.5, 0.6) is 5.75 Å². The van der Waals surface area contributed by atoms with Gasteiger partial charge in [0.15, 0.2) is 0 Å². The lowest BCUT2D eigenvalue weighted by Crippen LogP contribution is -2.44. The molecule has 5 heteroatoms. The summed E-state index contributed by atoms with van der Waals surface area (Å²) in [7, 11) is 0. The fourth-order valence-corrected chi connectivity index (χ4v) is 5.73. The highest BCUT2D eigenvalue weighted by atomic mass is 16.5. The third-order valence-corrected chi connectivity index (χ3v) is 7.75. The van der Waals surface area contributed by atoms with Crippen molar-refractivity contribution in [2.75, 3.05) is 26.2 Å². The number of aromatic carboxylic acids is 1. The van der Waals surface area contributed by atoms with Crippen LogP contribution < -0.4 is 4.74 Å². The number of benzene rings is 3. The van der Waals surface area contributed by atoms with E-state index in [1.165, 1.54) is 29.5 Å². The Morgan fingerprint density at radius 3 is 2.49 bits per heavy atom. The second-order valence-electron chi connectivity index (χ2n) is 10.5. The minimum atomic E-state index is -0.901. The van der Waals surface area contributed by atoms with Gasteiger partial charge in [-0.15, -0.1) is 0 Å². The lowest BCUT2D eigenvalue weighted by atomic mass is 9.98. The number of carboxylic acid groups (broad SMARTS) is 1. The Morgan fingerprint density at radius 2 is 1.68 bits per heavy atom. The number of likely N-dealkylation sites (tertiary alicyclic amines) is 1. The molecule has 2 bridgehead atoms. The number of carbonyl (C=O) groups is 1. The summed E-state index contributed by atoms with van der Waals surface area (Å²) in [6.07, 6.45) is 6.39. The molecule has 0 spiro atoms. The molecule has 1 fully saturated rings. The molecule has 5 rings (SSSR count). The molecule has 0 unspecified atom stereocenters. The first kappa shape index (κ1) is 25.5. The SMILES string of the molecule is O=C(O)c1ccc2c(c1)Cc1cccc(c1)CN(C1CCN(Cc3ccccc3)CC1)CCCCCO2. The van der Waals surface area contributed by atoms with Crippen LogP contribution in [0.15, 0.2) is 72.8 Å². The van der Waals surface area contributed by atoms with Crippen LogP contribution in [-0.4, -0.2) is 53.2 Å². The number of rotatable bonds is 4. The van der Waals surface area contributed by atoms with Crippen molar-refractivity contribution < 1.29 is 14.6 Å². The summed E-state index contributed by atoms with van der Waals surface area (Å²) in [4.78, 5) is 16.9. The van der Waals surface area contributed by atoms with Gasteiger partial charge < -0.3 is 9.84 Å². The predicted octanol–water partition coefficient (Wildman–Crippen LogP) is 6.00. The smallest absolute Gasteiger partial charge is 0.335 e. The fraction of sp³-hybridized carbons (Fsp3) is 0.406. The van der Waals surface area contributed by atoms with Crippen molar-refractivity contribution in [2.45, 2.75) is 57.7 Å². The van der Waals surface area contributed by atoms with Crippen molar-refractivity contribution in [2.24, 2.45) is 0 Å². The monoisotopic (exact) mass is 498 g/mol. The molecule has 0 saturated carbocycles. The average molecular weight is 499 g/mol. The van der Waals surface area contributed by atoms with Crippen LogP contribution in [-0.2, 0) is 19.5 Å². The number of piperidine rings is 1. The zero-order chi connectivity index (χ0) is 25.5. The predicted molar refractivity (Wildman–Crippen MR) is 147 cm³/mol. The van der Waals surface area contributed by atoms with E-state index in [1.807, 2.05) is 6.07 Å². The molecular formula is C32H38N2O3. The minimum absolute atomic E-state index is 0.310. The molecule has 0 aliphatic carbocycles. The van der Waals surface area contributed by atoms with Gasteiger partial charge in [-0.2, -0.15) is 0 Å². The lowest BCUT2D eigenvalue weighted by molar-refractivity contribution is 0.0696. The second-order valence-corrected chi connectivity index (χ2v) is 10.5. The third-order valence-electron chi connectivity index (χ3n) is 7.75. The Hall–Kier alpha value is -3.15. The molecule has 2 aliphatic heterocycles. The maximum absolute atomic E-state index is 11.6. The van der Waals surface area contributed by atoms with Crippen LogP contribution in [0.3, 0.4) is 0 Å². The van der Waals surface area contributed by atoms with E-state index in [0.29, 0.717) is 24.6 Å². The van der Waals surface area contributed by atoms with Gasteiger partial charge in [0.2, 0.25) is 0 Å². The van der Waals surface area contributed by atoms with E-state index < -0.39 is 5.97 Å². The molecule has 0 atom stereocenters. The van der Waals surface area contributed by atoms with E-state index in [1.54, 1.807) is 12.1 Å². The number of carboxylic acids is 1. The standard InChI is InChI=1S/C32H38N2O3/c35-32(36)28-12-13-31-29(22-28)21-26-10-7-11-27(20-26)24-34(16-5-2-6-19-37-31)30-14-17-33(18-15-30)23-25-8-3-1-4-9-25/h1,3-4,7-13,20,22,30H,2,5-6,14-19,21,23-24H2,(H,35,36). The molecule has 5 nitrogen and oxygen atoms in total.